The van der Waals surface area contributed by atoms with Gasteiger partial charge in [0.25, 0.3) is 0 Å². The van der Waals surface area contributed by atoms with Crippen LogP contribution >= 0.6 is 0 Å². The summed E-state index contributed by atoms with van der Waals surface area (Å²) in [6.07, 6.45) is 1.69. The molecule has 0 aromatic heterocycles. The van der Waals surface area contributed by atoms with E-state index in [9.17, 15) is 9.59 Å². The van der Waals surface area contributed by atoms with Crippen molar-refractivity contribution in [1.82, 2.24) is 0 Å². The summed E-state index contributed by atoms with van der Waals surface area (Å²) in [5.41, 5.74) is 1.03. The Labute approximate surface area is 152 Å². The molecule has 0 radical (unpaired) electrons. The predicted octanol–water partition coefficient (Wildman–Crippen LogP) is 4.58. The molecule has 3 rings (SSSR count). The highest BCUT2D eigenvalue weighted by molar-refractivity contribution is 6.21. The monoisotopic (exact) mass is 348 g/mol. The number of carbonyl (C=O) groups is 2. The highest BCUT2D eigenvalue weighted by atomic mass is 16.6. The first-order valence-electron chi connectivity index (χ1n) is 8.37. The summed E-state index contributed by atoms with van der Waals surface area (Å²) >= 11 is 0. The van der Waals surface area contributed by atoms with Crippen molar-refractivity contribution >= 4 is 23.6 Å². The van der Waals surface area contributed by atoms with E-state index in [0.717, 1.165) is 5.56 Å². The van der Waals surface area contributed by atoms with E-state index in [-0.39, 0.29) is 17.1 Å². The summed E-state index contributed by atoms with van der Waals surface area (Å²) in [4.78, 5) is 25.0. The van der Waals surface area contributed by atoms with Gasteiger partial charge in [0.05, 0.1) is 5.41 Å². The van der Waals surface area contributed by atoms with Gasteiger partial charge in [-0.15, -0.1) is 0 Å². The van der Waals surface area contributed by atoms with Crippen LogP contribution in [-0.4, -0.2) is 11.9 Å². The molecule has 0 unspecified atom stereocenters. The molecule has 4 heteroatoms. The highest BCUT2D eigenvalue weighted by Crippen LogP contribution is 2.36. The third-order valence-corrected chi connectivity index (χ3v) is 3.82. The van der Waals surface area contributed by atoms with E-state index < -0.39 is 17.4 Å². The molecule has 0 spiro atoms. The van der Waals surface area contributed by atoms with Gasteiger partial charge in [-0.3, -0.25) is 4.79 Å². The van der Waals surface area contributed by atoms with Gasteiger partial charge in [0.2, 0.25) is 0 Å². The molecular formula is C22H20O4. The summed E-state index contributed by atoms with van der Waals surface area (Å²) in [6, 6.07) is 18.5. The van der Waals surface area contributed by atoms with Gasteiger partial charge in [0.15, 0.2) is 11.5 Å². The number of cyclic esters (lactones) is 1. The van der Waals surface area contributed by atoms with Crippen molar-refractivity contribution in [2.45, 2.75) is 20.8 Å². The van der Waals surface area contributed by atoms with Crippen LogP contribution in [0.3, 0.4) is 0 Å². The van der Waals surface area contributed by atoms with Gasteiger partial charge in [-0.05, 0) is 38.0 Å². The van der Waals surface area contributed by atoms with Crippen molar-refractivity contribution < 1.29 is 19.1 Å². The van der Waals surface area contributed by atoms with E-state index >= 15 is 0 Å². The smallest absolute Gasteiger partial charge is 0.348 e. The Bertz CT molecular complexity index is 885. The lowest BCUT2D eigenvalue weighted by Gasteiger charge is -2.17. The fraction of sp³-hybridized carbons (Fsp3) is 0.182. The Morgan fingerprint density at radius 1 is 0.962 bits per heavy atom. The molecule has 1 heterocycles. The standard InChI is InChI=1S/C22H20O4/c1-22(2,3)21(24)26-19-17(14-15-10-6-4-7-11-15)25-20(23)18(19)16-12-8-5-9-13-16/h4-14H,1-3H3/b17-14-. The molecule has 0 saturated carbocycles. The van der Waals surface area contributed by atoms with E-state index in [1.807, 2.05) is 48.5 Å². The van der Waals surface area contributed by atoms with Gasteiger partial charge >= 0.3 is 11.9 Å². The number of hydrogen-bond acceptors (Lipinski definition) is 4. The largest absolute Gasteiger partial charge is 0.421 e. The molecule has 132 valence electrons. The average Bonchev–Trinajstić information content (AvgIpc) is 2.91. The Morgan fingerprint density at radius 2 is 1.54 bits per heavy atom. The fourth-order valence-electron chi connectivity index (χ4n) is 2.41. The van der Waals surface area contributed by atoms with Gasteiger partial charge < -0.3 is 9.47 Å². The van der Waals surface area contributed by atoms with Gasteiger partial charge in [0, 0.05) is 0 Å². The van der Waals surface area contributed by atoms with Crippen LogP contribution in [0.1, 0.15) is 31.9 Å². The maximum Gasteiger partial charge on any atom is 0.348 e. The van der Waals surface area contributed by atoms with Gasteiger partial charge in [-0.1, -0.05) is 60.7 Å². The normalized spacial score (nSPS) is 16.0. The number of esters is 2. The first-order chi connectivity index (χ1) is 12.4. The molecule has 0 bridgehead atoms. The minimum Gasteiger partial charge on any atom is -0.421 e. The van der Waals surface area contributed by atoms with Gasteiger partial charge in [0.1, 0.15) is 5.57 Å². The molecule has 0 atom stereocenters. The summed E-state index contributed by atoms with van der Waals surface area (Å²) in [5, 5.41) is 0. The van der Waals surface area contributed by atoms with Crippen LogP contribution in [0.25, 0.3) is 11.6 Å². The Kier molecular flexibility index (Phi) is 4.76. The molecular weight excluding hydrogens is 328 g/mol. The fourth-order valence-corrected chi connectivity index (χ4v) is 2.41. The maximum atomic E-state index is 12.5. The topological polar surface area (TPSA) is 52.6 Å². The highest BCUT2D eigenvalue weighted by Gasteiger charge is 2.36. The molecule has 0 N–H and O–H groups in total. The Hall–Kier alpha value is -3.14. The second-order valence-electron chi connectivity index (χ2n) is 7.02. The van der Waals surface area contributed by atoms with Crippen molar-refractivity contribution in [3.8, 4) is 0 Å². The second-order valence-corrected chi connectivity index (χ2v) is 7.02. The van der Waals surface area contributed by atoms with Crippen molar-refractivity contribution in [3.05, 3.63) is 83.3 Å². The van der Waals surface area contributed by atoms with E-state index in [2.05, 4.69) is 0 Å². The molecule has 0 aliphatic carbocycles. The van der Waals surface area contributed by atoms with Crippen LogP contribution in [0.2, 0.25) is 0 Å². The minimum atomic E-state index is -0.710. The average molecular weight is 348 g/mol. The summed E-state index contributed by atoms with van der Waals surface area (Å²) in [7, 11) is 0. The first-order valence-corrected chi connectivity index (χ1v) is 8.37. The zero-order valence-electron chi connectivity index (χ0n) is 15.0. The van der Waals surface area contributed by atoms with Crippen LogP contribution in [-0.2, 0) is 19.1 Å². The van der Waals surface area contributed by atoms with Crippen LogP contribution in [0.4, 0.5) is 0 Å². The molecule has 1 aliphatic rings. The molecule has 0 saturated heterocycles. The van der Waals surface area contributed by atoms with E-state index in [1.165, 1.54) is 0 Å². The van der Waals surface area contributed by atoms with Crippen LogP contribution < -0.4 is 0 Å². The van der Waals surface area contributed by atoms with Crippen LogP contribution in [0.15, 0.2) is 72.2 Å². The molecule has 0 fully saturated rings. The molecule has 4 nitrogen and oxygen atoms in total. The lowest BCUT2D eigenvalue weighted by atomic mass is 9.97. The quantitative estimate of drug-likeness (QED) is 0.762. The molecule has 0 amide bonds. The Balaban J connectivity index is 2.11. The Morgan fingerprint density at radius 3 is 2.12 bits per heavy atom. The number of carbonyl (C=O) groups excluding carboxylic acids is 2. The minimum absolute atomic E-state index is 0.157. The molecule has 2 aromatic carbocycles. The van der Waals surface area contributed by atoms with E-state index in [4.69, 9.17) is 9.47 Å². The number of benzene rings is 2. The van der Waals surface area contributed by atoms with Crippen molar-refractivity contribution in [3.63, 3.8) is 0 Å². The lowest BCUT2D eigenvalue weighted by molar-refractivity contribution is -0.148. The van der Waals surface area contributed by atoms with E-state index in [0.29, 0.717) is 5.56 Å². The molecule has 26 heavy (non-hydrogen) atoms. The zero-order valence-corrected chi connectivity index (χ0v) is 15.0. The number of hydrogen-bond donors (Lipinski definition) is 0. The third kappa shape index (κ3) is 3.75. The predicted molar refractivity (Wildman–Crippen MR) is 99.4 cm³/mol. The number of ether oxygens (including phenoxy) is 2. The summed E-state index contributed by atoms with van der Waals surface area (Å²) in [6.45, 7) is 5.28. The van der Waals surface area contributed by atoms with Gasteiger partial charge in [-0.2, -0.15) is 0 Å². The number of rotatable bonds is 3. The molecule has 2 aromatic rings. The van der Waals surface area contributed by atoms with Crippen LogP contribution in [0.5, 0.6) is 0 Å². The SMILES string of the molecule is CC(C)(C)C(=O)OC1=C(c2ccccc2)C(=O)O/C1=C\c1ccccc1. The third-order valence-electron chi connectivity index (χ3n) is 3.82. The first kappa shape index (κ1) is 17.7. The second kappa shape index (κ2) is 7.00. The zero-order chi connectivity index (χ0) is 18.7. The van der Waals surface area contributed by atoms with Gasteiger partial charge in [-0.25, -0.2) is 4.79 Å². The molecule has 1 aliphatic heterocycles. The van der Waals surface area contributed by atoms with Crippen molar-refractivity contribution in [2.75, 3.05) is 0 Å². The lowest BCUT2D eigenvalue weighted by Crippen LogP contribution is -2.23. The van der Waals surface area contributed by atoms with Crippen LogP contribution in [0, 0.1) is 5.41 Å². The van der Waals surface area contributed by atoms with Crippen molar-refractivity contribution in [1.29, 1.82) is 0 Å². The van der Waals surface area contributed by atoms with E-state index in [1.54, 1.807) is 39.0 Å². The summed E-state index contributed by atoms with van der Waals surface area (Å²) < 4.78 is 11.1. The maximum absolute atomic E-state index is 12.5. The summed E-state index contributed by atoms with van der Waals surface area (Å²) in [5.74, 6) is -0.573. The van der Waals surface area contributed by atoms with Crippen molar-refractivity contribution in [2.24, 2.45) is 5.41 Å².